The molecule has 0 saturated carbocycles. The van der Waals surface area contributed by atoms with Crippen LogP contribution in [0.4, 0.5) is 11.4 Å². The number of nitro groups is 2. The normalized spacial score (nSPS) is 14.5. The van der Waals surface area contributed by atoms with Gasteiger partial charge in [-0.05, 0) is 68.8 Å². The molecule has 1 aliphatic heterocycles. The number of nitro benzene ring substituents is 2. The van der Waals surface area contributed by atoms with Gasteiger partial charge in [0, 0.05) is 49.9 Å². The van der Waals surface area contributed by atoms with Gasteiger partial charge in [-0.25, -0.2) is 26.3 Å². The highest BCUT2D eigenvalue weighted by Crippen LogP contribution is 2.39. The quantitative estimate of drug-likeness (QED) is 0.109. The van der Waals surface area contributed by atoms with Crippen LogP contribution in [-0.2, 0) is 69.5 Å². The van der Waals surface area contributed by atoms with Crippen LogP contribution >= 0.6 is 0 Å². The molecular formula is C52H50N4O17S2. The van der Waals surface area contributed by atoms with Crippen LogP contribution in [0.3, 0.4) is 0 Å². The Morgan fingerprint density at radius 3 is 1.04 bits per heavy atom. The van der Waals surface area contributed by atoms with Gasteiger partial charge < -0.3 is 33.2 Å². The second-order valence-corrected chi connectivity index (χ2v) is 20.4. The molecule has 8 rings (SSSR count). The van der Waals surface area contributed by atoms with E-state index >= 15 is 0 Å². The van der Waals surface area contributed by atoms with Crippen LogP contribution in [0.15, 0.2) is 131 Å². The predicted octanol–water partition coefficient (Wildman–Crippen LogP) is 5.77. The summed E-state index contributed by atoms with van der Waals surface area (Å²) < 4.78 is 100. The number of carbonyl (C=O) groups is 2. The fourth-order valence-electron chi connectivity index (χ4n) is 8.42. The number of rotatable bonds is 12. The van der Waals surface area contributed by atoms with Gasteiger partial charge in [-0.1, -0.05) is 72.8 Å². The first-order valence-electron chi connectivity index (χ1n) is 23.4. The lowest BCUT2D eigenvalue weighted by molar-refractivity contribution is -0.385. The molecule has 2 N–H and O–H groups in total. The maximum Gasteiger partial charge on any atom is 0.271 e. The Hall–Kier alpha value is -7.96. The molecule has 0 atom stereocenters. The summed E-state index contributed by atoms with van der Waals surface area (Å²) in [4.78, 5) is 47.3. The number of hydrogen-bond donors (Lipinski definition) is 2. The fourth-order valence-corrected chi connectivity index (χ4v) is 10.4. The molecule has 2 amide bonds. The highest BCUT2D eigenvalue weighted by atomic mass is 32.2. The van der Waals surface area contributed by atoms with Gasteiger partial charge in [-0.2, -0.15) is 0 Å². The summed E-state index contributed by atoms with van der Waals surface area (Å²) in [5.74, 6) is -0.540. The van der Waals surface area contributed by atoms with Crippen molar-refractivity contribution in [2.45, 2.75) is 35.5 Å². The van der Waals surface area contributed by atoms with Crippen molar-refractivity contribution >= 4 is 43.2 Å². The average Bonchev–Trinajstić information content (AvgIpc) is 3.37. The van der Waals surface area contributed by atoms with E-state index in [0.717, 1.165) is 70.8 Å². The summed E-state index contributed by atoms with van der Waals surface area (Å²) in [6.45, 7) is 0.630. The topological polar surface area (TPSA) is 277 Å². The van der Waals surface area contributed by atoms with Crippen molar-refractivity contribution in [3.05, 3.63) is 186 Å². The lowest BCUT2D eigenvalue weighted by atomic mass is 9.91. The number of amides is 2. The summed E-state index contributed by atoms with van der Waals surface area (Å²) in [5.41, 5.74) is 4.51. The number of ether oxygens (including phenoxy) is 7. The van der Waals surface area contributed by atoms with E-state index in [1.165, 1.54) is 0 Å². The van der Waals surface area contributed by atoms with Crippen LogP contribution < -0.4 is 28.4 Å². The molecule has 21 nitrogen and oxygen atoms in total. The molecule has 2 aliphatic rings. The smallest absolute Gasteiger partial charge is 0.271 e. The molecule has 6 aromatic carbocycles. The number of sulfonamides is 2. The molecule has 23 heteroatoms. The maximum atomic E-state index is 13.5. The molecule has 0 unspecified atom stereocenters. The van der Waals surface area contributed by atoms with Gasteiger partial charge in [-0.15, -0.1) is 0 Å². The van der Waals surface area contributed by atoms with Crippen LogP contribution in [0, 0.1) is 20.2 Å². The third-order valence-electron chi connectivity index (χ3n) is 11.8. The zero-order valence-corrected chi connectivity index (χ0v) is 41.7. The van der Waals surface area contributed by atoms with Crippen molar-refractivity contribution in [3.8, 4) is 23.0 Å². The molecule has 392 valence electrons. The van der Waals surface area contributed by atoms with Crippen molar-refractivity contribution in [1.82, 2.24) is 9.44 Å². The molecular weight excluding hydrogens is 1020 g/mol. The second-order valence-electron chi connectivity index (χ2n) is 17.0. The first-order valence-corrected chi connectivity index (χ1v) is 26.4. The van der Waals surface area contributed by atoms with E-state index in [1.54, 1.807) is 36.4 Å². The van der Waals surface area contributed by atoms with Crippen LogP contribution in [0.5, 0.6) is 23.0 Å². The third-order valence-corrected chi connectivity index (χ3v) is 14.6. The number of benzene rings is 6. The van der Waals surface area contributed by atoms with E-state index in [2.05, 4.69) is 0 Å². The molecule has 0 spiro atoms. The third kappa shape index (κ3) is 13.8. The van der Waals surface area contributed by atoms with E-state index in [4.69, 9.17) is 33.2 Å². The number of nitrogens with one attached hydrogen (secondary N) is 2. The van der Waals surface area contributed by atoms with Crippen LogP contribution in [-0.4, -0.2) is 105 Å². The van der Waals surface area contributed by atoms with Gasteiger partial charge in [-0.3, -0.25) is 29.8 Å². The van der Waals surface area contributed by atoms with Crippen LogP contribution in [0.1, 0.15) is 44.5 Å². The predicted molar refractivity (Wildman–Crippen MR) is 268 cm³/mol. The second kappa shape index (κ2) is 24.4. The first-order chi connectivity index (χ1) is 36.1. The minimum Gasteiger partial charge on any atom is -0.491 e. The Labute approximate surface area is 431 Å². The Morgan fingerprint density at radius 1 is 0.440 bits per heavy atom. The Kier molecular flexibility index (Phi) is 17.3. The zero-order valence-electron chi connectivity index (χ0n) is 40.1. The number of non-ortho nitro benzene ring substituents is 2. The van der Waals surface area contributed by atoms with Crippen molar-refractivity contribution in [2.75, 3.05) is 66.1 Å². The SMILES string of the molecule is O=C(COc1c2cccc1Cc1cccc(c1OCC(=O)NS(=O)(=O)c1ccc([N+](=O)[O-])cc1)Cc1cccc3c1OCCOCCOCCOCCOc1c(cccc1C2)C3)NS(=O)(=O)c1ccc([N+](=O)[O-])cc1. The maximum absolute atomic E-state index is 13.5. The van der Waals surface area contributed by atoms with Crippen molar-refractivity contribution in [3.63, 3.8) is 0 Å². The Balaban J connectivity index is 1.19. The van der Waals surface area contributed by atoms with Gasteiger partial charge in [0.2, 0.25) is 0 Å². The van der Waals surface area contributed by atoms with Crippen molar-refractivity contribution < 1.29 is 69.4 Å². The van der Waals surface area contributed by atoms with Crippen molar-refractivity contribution in [1.29, 1.82) is 0 Å². The minimum atomic E-state index is -4.50. The number of fused-ring (bicyclic) bond motifs is 4. The molecule has 6 aromatic rings. The van der Waals surface area contributed by atoms with E-state index in [-0.39, 0.29) is 78.4 Å². The largest absolute Gasteiger partial charge is 0.491 e. The molecule has 0 fully saturated rings. The van der Waals surface area contributed by atoms with Crippen LogP contribution in [0.2, 0.25) is 0 Å². The standard InChI is InChI=1S/C52H50N4O17S2/c57-47(53-74(63,64)45-17-13-43(14-18-45)55(59)60)33-72-51-39-9-3-11-41(51)32-42-12-4-10-40(52(42)73-34-48(58)54-75(65,66)46-19-15-44(16-20-46)56(61)62)31-38-8-2-6-36-29-35-5-1-7-37(30-39)49(35)70-27-25-68-23-21-67-22-24-69-26-28-71-50(36)38/h1-20H,21-34H2,(H,53,57)(H,54,58). The summed E-state index contributed by atoms with van der Waals surface area (Å²) in [6.07, 6.45) is 0.721. The minimum absolute atomic E-state index is 0.0307. The average molecular weight is 1070 g/mol. The molecule has 75 heavy (non-hydrogen) atoms. The molecule has 1 aliphatic carbocycles. The highest BCUT2D eigenvalue weighted by Gasteiger charge is 2.26. The van der Waals surface area contributed by atoms with Gasteiger partial charge in [0.1, 0.15) is 36.2 Å². The first kappa shape index (κ1) is 53.3. The van der Waals surface area contributed by atoms with E-state index in [1.807, 2.05) is 45.8 Å². The monoisotopic (exact) mass is 1070 g/mol. The number of carbonyl (C=O) groups excluding carboxylic acids is 2. The number of hydrogen-bond acceptors (Lipinski definition) is 17. The van der Waals surface area contributed by atoms with Gasteiger partial charge in [0.15, 0.2) is 13.2 Å². The highest BCUT2D eigenvalue weighted by molar-refractivity contribution is 7.90. The zero-order chi connectivity index (χ0) is 53.0. The summed E-state index contributed by atoms with van der Waals surface area (Å²) in [7, 11) is -9.00. The molecule has 10 bridgehead atoms. The van der Waals surface area contributed by atoms with E-state index in [9.17, 15) is 46.7 Å². The van der Waals surface area contributed by atoms with Crippen LogP contribution in [0.25, 0.3) is 0 Å². The molecule has 0 aromatic heterocycles. The van der Waals surface area contributed by atoms with Gasteiger partial charge in [0.05, 0.1) is 59.3 Å². The van der Waals surface area contributed by atoms with E-state index in [0.29, 0.717) is 66.6 Å². The molecule has 1 heterocycles. The number of para-hydroxylation sites is 4. The summed E-state index contributed by atoms with van der Waals surface area (Å²) in [5, 5.41) is 22.4. The lowest BCUT2D eigenvalue weighted by Gasteiger charge is -2.23. The van der Waals surface area contributed by atoms with Crippen molar-refractivity contribution in [2.24, 2.45) is 0 Å². The molecule has 0 radical (unpaired) electrons. The fraction of sp³-hybridized carbons (Fsp3) is 0.269. The Bertz CT molecular complexity index is 3080. The lowest BCUT2D eigenvalue weighted by Crippen LogP contribution is -2.34. The summed E-state index contributed by atoms with van der Waals surface area (Å²) >= 11 is 0. The number of nitrogens with zero attached hydrogens (tertiary/aromatic N) is 2. The Morgan fingerprint density at radius 2 is 0.720 bits per heavy atom. The molecule has 0 saturated heterocycles. The van der Waals surface area contributed by atoms with Gasteiger partial charge in [0.25, 0.3) is 43.2 Å². The van der Waals surface area contributed by atoms with Gasteiger partial charge >= 0.3 is 0 Å². The van der Waals surface area contributed by atoms with E-state index < -0.39 is 54.9 Å². The summed E-state index contributed by atoms with van der Waals surface area (Å²) in [6, 6.07) is 30.2.